The summed E-state index contributed by atoms with van der Waals surface area (Å²) in [6.45, 7) is 4.04. The van der Waals surface area contributed by atoms with Gasteiger partial charge in [-0.3, -0.25) is 4.68 Å². The molecule has 0 saturated carbocycles. The molecule has 2 heterocycles. The van der Waals surface area contributed by atoms with Gasteiger partial charge in [-0.05, 0) is 26.0 Å². The second-order valence-electron chi connectivity index (χ2n) is 4.09. The van der Waals surface area contributed by atoms with Crippen molar-refractivity contribution < 1.29 is 4.74 Å². The summed E-state index contributed by atoms with van der Waals surface area (Å²) in [5.41, 5.74) is 8.23. The van der Waals surface area contributed by atoms with E-state index in [1.165, 1.54) is 0 Å². The number of nitrogen functional groups attached to an aromatic ring is 1. The highest BCUT2D eigenvalue weighted by Gasteiger charge is 2.12. The Bertz CT molecular complexity index is 580. The number of pyridine rings is 1. The van der Waals surface area contributed by atoms with Crippen molar-refractivity contribution >= 4 is 17.4 Å². The molecule has 18 heavy (non-hydrogen) atoms. The zero-order valence-corrected chi connectivity index (χ0v) is 11.3. The van der Waals surface area contributed by atoms with Crippen molar-refractivity contribution in [2.45, 2.75) is 20.5 Å². The van der Waals surface area contributed by atoms with Crippen LogP contribution in [0.5, 0.6) is 5.75 Å². The van der Waals surface area contributed by atoms with Gasteiger partial charge in [0, 0.05) is 12.7 Å². The second-order valence-corrected chi connectivity index (χ2v) is 4.47. The van der Waals surface area contributed by atoms with E-state index in [0.29, 0.717) is 23.2 Å². The molecule has 0 amide bonds. The maximum Gasteiger partial charge on any atom is 0.166 e. The van der Waals surface area contributed by atoms with Crippen LogP contribution in [0, 0.1) is 13.8 Å². The molecule has 0 saturated heterocycles. The molecule has 0 radical (unpaired) electrons. The van der Waals surface area contributed by atoms with Gasteiger partial charge in [-0.25, -0.2) is 4.98 Å². The molecule has 0 aliphatic carbocycles. The van der Waals surface area contributed by atoms with E-state index in [0.717, 1.165) is 17.1 Å². The maximum atomic E-state index is 6.14. The molecule has 0 atom stereocenters. The quantitative estimate of drug-likeness (QED) is 0.925. The lowest BCUT2D eigenvalue weighted by Crippen LogP contribution is -2.05. The number of nitrogens with zero attached hydrogens (tertiary/aromatic N) is 3. The third-order valence-corrected chi connectivity index (χ3v) is 3.14. The number of hydrogen-bond donors (Lipinski definition) is 1. The highest BCUT2D eigenvalue weighted by Crippen LogP contribution is 2.24. The SMILES string of the molecule is Cc1ccc(OCc2c(Cl)c(C)nn2C)c(N)n1. The van der Waals surface area contributed by atoms with Crippen molar-refractivity contribution in [2.75, 3.05) is 5.73 Å². The average molecular weight is 267 g/mol. The molecule has 0 aromatic carbocycles. The summed E-state index contributed by atoms with van der Waals surface area (Å²) in [7, 11) is 1.83. The summed E-state index contributed by atoms with van der Waals surface area (Å²) >= 11 is 6.14. The van der Waals surface area contributed by atoms with Crippen molar-refractivity contribution in [3.8, 4) is 5.75 Å². The number of aromatic nitrogens is 3. The Labute approximate surface area is 111 Å². The van der Waals surface area contributed by atoms with E-state index in [2.05, 4.69) is 10.1 Å². The minimum atomic E-state index is 0.311. The summed E-state index contributed by atoms with van der Waals surface area (Å²) in [6, 6.07) is 3.65. The van der Waals surface area contributed by atoms with Gasteiger partial charge in [-0.2, -0.15) is 5.10 Å². The molecule has 0 spiro atoms. The fourth-order valence-corrected chi connectivity index (χ4v) is 1.88. The van der Waals surface area contributed by atoms with Crippen LogP contribution in [-0.4, -0.2) is 14.8 Å². The Morgan fingerprint density at radius 3 is 2.67 bits per heavy atom. The van der Waals surface area contributed by atoms with E-state index in [9.17, 15) is 0 Å². The highest BCUT2D eigenvalue weighted by atomic mass is 35.5. The summed E-state index contributed by atoms with van der Waals surface area (Å²) in [6.07, 6.45) is 0. The summed E-state index contributed by atoms with van der Waals surface area (Å²) in [5.74, 6) is 0.931. The van der Waals surface area contributed by atoms with Crippen LogP contribution in [0.15, 0.2) is 12.1 Å². The predicted molar refractivity (Wildman–Crippen MR) is 70.7 cm³/mol. The Kier molecular flexibility index (Phi) is 3.43. The maximum absolute atomic E-state index is 6.14. The van der Waals surface area contributed by atoms with Gasteiger partial charge in [-0.15, -0.1) is 0 Å². The van der Waals surface area contributed by atoms with Crippen molar-refractivity contribution in [1.82, 2.24) is 14.8 Å². The first-order valence-electron chi connectivity index (χ1n) is 5.53. The van der Waals surface area contributed by atoms with E-state index in [4.69, 9.17) is 22.1 Å². The molecule has 6 heteroatoms. The van der Waals surface area contributed by atoms with Crippen LogP contribution >= 0.6 is 11.6 Å². The molecule has 5 nitrogen and oxygen atoms in total. The second kappa shape index (κ2) is 4.86. The van der Waals surface area contributed by atoms with E-state index in [1.54, 1.807) is 10.7 Å². The van der Waals surface area contributed by atoms with Crippen LogP contribution in [-0.2, 0) is 13.7 Å². The minimum absolute atomic E-state index is 0.311. The normalized spacial score (nSPS) is 10.7. The molecule has 0 unspecified atom stereocenters. The average Bonchev–Trinajstić information content (AvgIpc) is 2.53. The smallest absolute Gasteiger partial charge is 0.166 e. The van der Waals surface area contributed by atoms with Crippen molar-refractivity contribution in [1.29, 1.82) is 0 Å². The molecule has 2 aromatic rings. The van der Waals surface area contributed by atoms with E-state index >= 15 is 0 Å². The van der Waals surface area contributed by atoms with Crippen LogP contribution in [0.1, 0.15) is 17.1 Å². The summed E-state index contributed by atoms with van der Waals surface area (Å²) < 4.78 is 7.32. The molecule has 0 aliphatic rings. The van der Waals surface area contributed by atoms with Crippen molar-refractivity contribution in [3.05, 3.63) is 34.2 Å². The van der Waals surface area contributed by atoms with Crippen molar-refractivity contribution in [2.24, 2.45) is 7.05 Å². The molecule has 0 bridgehead atoms. The molecular weight excluding hydrogens is 252 g/mol. The zero-order valence-electron chi connectivity index (χ0n) is 10.6. The third kappa shape index (κ3) is 2.41. The fraction of sp³-hybridized carbons (Fsp3) is 0.333. The van der Waals surface area contributed by atoms with Gasteiger partial charge in [0.1, 0.15) is 6.61 Å². The lowest BCUT2D eigenvalue weighted by molar-refractivity contribution is 0.295. The van der Waals surface area contributed by atoms with E-state index in [-0.39, 0.29) is 0 Å². The number of halogens is 1. The van der Waals surface area contributed by atoms with Gasteiger partial charge < -0.3 is 10.5 Å². The van der Waals surface area contributed by atoms with Gasteiger partial charge in [0.05, 0.1) is 16.4 Å². The number of ether oxygens (including phenoxy) is 1. The van der Waals surface area contributed by atoms with Gasteiger partial charge in [0.15, 0.2) is 11.6 Å². The monoisotopic (exact) mass is 266 g/mol. The minimum Gasteiger partial charge on any atom is -0.483 e. The van der Waals surface area contributed by atoms with Gasteiger partial charge in [0.25, 0.3) is 0 Å². The molecule has 96 valence electrons. The van der Waals surface area contributed by atoms with E-state index in [1.807, 2.05) is 27.0 Å². The molecule has 2 N–H and O–H groups in total. The first-order valence-corrected chi connectivity index (χ1v) is 5.90. The first kappa shape index (κ1) is 12.7. The largest absolute Gasteiger partial charge is 0.483 e. The van der Waals surface area contributed by atoms with Crippen LogP contribution in [0.25, 0.3) is 0 Å². The first-order chi connectivity index (χ1) is 8.49. The predicted octanol–water partition coefficient (Wildman–Crippen LogP) is 2.25. The zero-order chi connectivity index (χ0) is 13.3. The van der Waals surface area contributed by atoms with E-state index < -0.39 is 0 Å². The fourth-order valence-electron chi connectivity index (χ4n) is 1.67. The Hall–Kier alpha value is -1.75. The highest BCUT2D eigenvalue weighted by molar-refractivity contribution is 6.31. The van der Waals surface area contributed by atoms with Crippen LogP contribution in [0.4, 0.5) is 5.82 Å². The van der Waals surface area contributed by atoms with Gasteiger partial charge in [0.2, 0.25) is 0 Å². The van der Waals surface area contributed by atoms with Gasteiger partial charge in [-0.1, -0.05) is 11.6 Å². The van der Waals surface area contributed by atoms with Crippen LogP contribution in [0.3, 0.4) is 0 Å². The Balaban J connectivity index is 2.16. The Morgan fingerprint density at radius 2 is 2.11 bits per heavy atom. The van der Waals surface area contributed by atoms with Crippen LogP contribution in [0.2, 0.25) is 5.02 Å². The van der Waals surface area contributed by atoms with Crippen molar-refractivity contribution in [3.63, 3.8) is 0 Å². The number of nitrogens with two attached hydrogens (primary N) is 1. The topological polar surface area (TPSA) is 66.0 Å². The standard InChI is InChI=1S/C12H15ClN4O/c1-7-4-5-10(12(14)15-7)18-6-9-11(13)8(2)16-17(9)3/h4-5H,6H2,1-3H3,(H2,14,15). The Morgan fingerprint density at radius 1 is 1.39 bits per heavy atom. The van der Waals surface area contributed by atoms with Crippen LogP contribution < -0.4 is 10.5 Å². The molecule has 0 aliphatic heterocycles. The summed E-state index contributed by atoms with van der Waals surface area (Å²) in [4.78, 5) is 4.13. The number of rotatable bonds is 3. The number of aryl methyl sites for hydroxylation is 3. The summed E-state index contributed by atoms with van der Waals surface area (Å²) in [5, 5.41) is 4.84. The molecular formula is C12H15ClN4O. The van der Waals surface area contributed by atoms with Gasteiger partial charge >= 0.3 is 0 Å². The number of anilines is 1. The lowest BCUT2D eigenvalue weighted by Gasteiger charge is -2.09. The molecule has 2 aromatic heterocycles. The molecule has 2 rings (SSSR count). The lowest BCUT2D eigenvalue weighted by atomic mass is 10.3. The number of hydrogen-bond acceptors (Lipinski definition) is 4. The molecule has 0 fully saturated rings. The third-order valence-electron chi connectivity index (χ3n) is 2.65.